The van der Waals surface area contributed by atoms with Crippen LogP contribution >= 0.6 is 23.2 Å². The van der Waals surface area contributed by atoms with Crippen LogP contribution in [0, 0.1) is 0 Å². The van der Waals surface area contributed by atoms with Gasteiger partial charge in [0.25, 0.3) is 0 Å². The third kappa shape index (κ3) is 7.93. The summed E-state index contributed by atoms with van der Waals surface area (Å²) < 4.78 is 37.4. The Kier molecular flexibility index (Phi) is 10.7. The van der Waals surface area contributed by atoms with E-state index in [4.69, 9.17) is 32.7 Å². The van der Waals surface area contributed by atoms with Crippen LogP contribution in [0.4, 0.5) is 5.69 Å². The van der Waals surface area contributed by atoms with E-state index in [2.05, 4.69) is 5.32 Å². The Morgan fingerprint density at radius 3 is 2.31 bits per heavy atom. The van der Waals surface area contributed by atoms with Crippen LogP contribution in [0.25, 0.3) is 0 Å². The molecule has 0 bridgehead atoms. The molecule has 0 spiro atoms. The summed E-state index contributed by atoms with van der Waals surface area (Å²) in [5, 5.41) is 3.74. The summed E-state index contributed by atoms with van der Waals surface area (Å²) in [6, 6.07) is 8.83. The highest BCUT2D eigenvalue weighted by Crippen LogP contribution is 2.34. The number of ether oxygens (including phenoxy) is 2. The minimum atomic E-state index is -3.93. The Balaban J connectivity index is 1.98. The third-order valence-electron chi connectivity index (χ3n) is 6.76. The Bertz CT molecular complexity index is 1280. The second kappa shape index (κ2) is 13.6. The van der Waals surface area contributed by atoms with Crippen LogP contribution in [0.2, 0.25) is 10.0 Å². The summed E-state index contributed by atoms with van der Waals surface area (Å²) in [5.41, 5.74) is 0.824. The quantitative estimate of drug-likeness (QED) is 0.381. The number of rotatable bonds is 12. The Labute approximate surface area is 240 Å². The lowest BCUT2D eigenvalue weighted by molar-refractivity contribution is -0.140. The molecule has 0 aliphatic heterocycles. The van der Waals surface area contributed by atoms with Crippen LogP contribution in [0.3, 0.4) is 0 Å². The molecule has 2 amide bonds. The molecule has 2 aromatic carbocycles. The summed E-state index contributed by atoms with van der Waals surface area (Å²) in [6.07, 6.45) is 5.21. The zero-order valence-corrected chi connectivity index (χ0v) is 24.9. The number of hydrogen-bond donors (Lipinski definition) is 1. The third-order valence-corrected chi connectivity index (χ3v) is 8.62. The molecule has 214 valence electrons. The van der Waals surface area contributed by atoms with Crippen LogP contribution in [-0.4, -0.2) is 64.2 Å². The summed E-state index contributed by atoms with van der Waals surface area (Å²) >= 11 is 12.3. The first-order valence-corrected chi connectivity index (χ1v) is 15.3. The maximum Gasteiger partial charge on any atom is 0.244 e. The molecule has 3 rings (SSSR count). The van der Waals surface area contributed by atoms with Crippen molar-refractivity contribution in [2.24, 2.45) is 0 Å². The van der Waals surface area contributed by atoms with Crippen molar-refractivity contribution < 1.29 is 27.5 Å². The molecule has 1 fully saturated rings. The van der Waals surface area contributed by atoms with E-state index >= 15 is 0 Å². The van der Waals surface area contributed by atoms with Gasteiger partial charge in [0.2, 0.25) is 21.8 Å². The van der Waals surface area contributed by atoms with Gasteiger partial charge in [0.05, 0.1) is 36.2 Å². The maximum absolute atomic E-state index is 13.9. The predicted molar refractivity (Wildman–Crippen MR) is 153 cm³/mol. The molecule has 1 aliphatic rings. The first kappa shape index (κ1) is 30.8. The van der Waals surface area contributed by atoms with Crippen molar-refractivity contribution in [1.29, 1.82) is 0 Å². The normalized spacial score (nSPS) is 14.5. The topological polar surface area (TPSA) is 105 Å². The van der Waals surface area contributed by atoms with E-state index in [9.17, 15) is 18.0 Å². The van der Waals surface area contributed by atoms with Gasteiger partial charge in [0.15, 0.2) is 0 Å². The van der Waals surface area contributed by atoms with Crippen LogP contribution < -0.4 is 19.1 Å². The van der Waals surface area contributed by atoms with E-state index in [1.807, 2.05) is 6.92 Å². The molecule has 1 aliphatic carbocycles. The lowest BCUT2D eigenvalue weighted by atomic mass is 10.1. The number of halogens is 2. The van der Waals surface area contributed by atoms with Crippen LogP contribution in [-0.2, 0) is 26.2 Å². The van der Waals surface area contributed by atoms with Gasteiger partial charge >= 0.3 is 0 Å². The van der Waals surface area contributed by atoms with Crippen LogP contribution in [0.1, 0.15) is 44.6 Å². The molecule has 1 atom stereocenters. The smallest absolute Gasteiger partial charge is 0.244 e. The summed E-state index contributed by atoms with van der Waals surface area (Å²) in [4.78, 5) is 28.7. The monoisotopic (exact) mass is 599 g/mol. The highest BCUT2D eigenvalue weighted by molar-refractivity contribution is 7.92. The molecule has 0 unspecified atom stereocenters. The SMILES string of the molecule is CC[C@H](C(=O)NC1CCCC1)N(Cc1ccc(Cl)c(Cl)c1)C(=O)CN(c1ccc(OC)cc1OC)S(C)(=O)=O. The van der Waals surface area contributed by atoms with Crippen LogP contribution in [0.15, 0.2) is 36.4 Å². The summed E-state index contributed by atoms with van der Waals surface area (Å²) in [5.74, 6) is -0.149. The number of benzene rings is 2. The minimum Gasteiger partial charge on any atom is -0.497 e. The van der Waals surface area contributed by atoms with Gasteiger partial charge in [0.1, 0.15) is 24.1 Å². The van der Waals surface area contributed by atoms with E-state index in [0.29, 0.717) is 27.8 Å². The number of methoxy groups -OCH3 is 2. The first-order valence-electron chi connectivity index (χ1n) is 12.7. The number of sulfonamides is 1. The molecule has 1 N–H and O–H groups in total. The molecule has 1 saturated carbocycles. The van der Waals surface area contributed by atoms with E-state index in [1.165, 1.54) is 31.3 Å². The molecular weight excluding hydrogens is 565 g/mol. The summed E-state index contributed by atoms with van der Waals surface area (Å²) in [6.45, 7) is 1.30. The van der Waals surface area contributed by atoms with Crippen LogP contribution in [0.5, 0.6) is 11.5 Å². The van der Waals surface area contributed by atoms with E-state index in [1.54, 1.807) is 24.3 Å². The van der Waals surface area contributed by atoms with E-state index in [-0.39, 0.29) is 29.9 Å². The van der Waals surface area contributed by atoms with Crippen molar-refractivity contribution in [2.75, 3.05) is 31.3 Å². The number of nitrogens with zero attached hydrogens (tertiary/aromatic N) is 2. The van der Waals surface area contributed by atoms with Crippen molar-refractivity contribution in [3.63, 3.8) is 0 Å². The van der Waals surface area contributed by atoms with Gasteiger partial charge in [0, 0.05) is 18.7 Å². The first-order chi connectivity index (χ1) is 18.5. The fraction of sp³-hybridized carbons (Fsp3) is 0.481. The van der Waals surface area contributed by atoms with Gasteiger partial charge in [-0.3, -0.25) is 13.9 Å². The predicted octanol–water partition coefficient (Wildman–Crippen LogP) is 4.64. The number of carbonyl (C=O) groups is 2. The van der Waals surface area contributed by atoms with Gasteiger partial charge < -0.3 is 19.7 Å². The molecule has 9 nitrogen and oxygen atoms in total. The maximum atomic E-state index is 13.9. The van der Waals surface area contributed by atoms with Crippen molar-refractivity contribution >= 4 is 50.7 Å². The number of nitrogens with one attached hydrogen (secondary N) is 1. The second-order valence-corrected chi connectivity index (χ2v) is 12.2. The lowest BCUT2D eigenvalue weighted by Gasteiger charge is -2.33. The highest BCUT2D eigenvalue weighted by atomic mass is 35.5. The van der Waals surface area contributed by atoms with Crippen molar-refractivity contribution in [1.82, 2.24) is 10.2 Å². The van der Waals surface area contributed by atoms with Gasteiger partial charge in [-0.25, -0.2) is 8.42 Å². The second-order valence-electron chi connectivity index (χ2n) is 9.49. The Hall–Kier alpha value is -2.69. The van der Waals surface area contributed by atoms with Gasteiger partial charge in [-0.1, -0.05) is 49.0 Å². The zero-order valence-electron chi connectivity index (χ0n) is 22.6. The Morgan fingerprint density at radius 2 is 1.74 bits per heavy atom. The fourth-order valence-corrected chi connectivity index (χ4v) is 5.88. The molecule has 12 heteroatoms. The van der Waals surface area contributed by atoms with Crippen molar-refractivity contribution in [3.05, 3.63) is 52.0 Å². The fourth-order valence-electron chi connectivity index (χ4n) is 4.71. The molecule has 0 radical (unpaired) electrons. The Morgan fingerprint density at radius 1 is 1.05 bits per heavy atom. The number of anilines is 1. The standard InChI is InChI=1S/C27H35Cl2N3O6S/c1-5-23(27(34)30-19-8-6-7-9-19)31(16-18-10-12-21(28)22(29)14-18)26(33)17-32(39(4,35)36)24-13-11-20(37-2)15-25(24)38-3/h10-15,19,23H,5-9,16-17H2,1-4H3,(H,30,34)/t23-/m1/s1. The van der Waals surface area contributed by atoms with Gasteiger partial charge in [-0.15, -0.1) is 0 Å². The van der Waals surface area contributed by atoms with Gasteiger partial charge in [-0.2, -0.15) is 0 Å². The number of amides is 2. The number of hydrogen-bond acceptors (Lipinski definition) is 6. The van der Waals surface area contributed by atoms with Crippen molar-refractivity contribution in [3.8, 4) is 11.5 Å². The molecule has 0 aromatic heterocycles. The molecule has 2 aromatic rings. The average molecular weight is 601 g/mol. The molecule has 0 saturated heterocycles. The molecule has 39 heavy (non-hydrogen) atoms. The number of carbonyl (C=O) groups excluding carboxylic acids is 2. The highest BCUT2D eigenvalue weighted by Gasteiger charge is 2.33. The van der Waals surface area contributed by atoms with Gasteiger partial charge in [-0.05, 0) is 49.1 Å². The minimum absolute atomic E-state index is 0.0314. The molecular formula is C27H35Cl2N3O6S. The van der Waals surface area contributed by atoms with Crippen molar-refractivity contribution in [2.45, 2.75) is 57.7 Å². The zero-order chi connectivity index (χ0) is 28.7. The van der Waals surface area contributed by atoms with E-state index in [0.717, 1.165) is 36.2 Å². The molecule has 0 heterocycles. The largest absolute Gasteiger partial charge is 0.497 e. The summed E-state index contributed by atoms with van der Waals surface area (Å²) in [7, 11) is -1.05. The lowest BCUT2D eigenvalue weighted by Crippen LogP contribution is -2.53. The average Bonchev–Trinajstić information content (AvgIpc) is 3.41. The van der Waals surface area contributed by atoms with E-state index < -0.39 is 28.5 Å².